The number of ether oxygens (including phenoxy) is 7. The summed E-state index contributed by atoms with van der Waals surface area (Å²) < 4.78 is 148. The number of imidazole rings is 2. The fraction of sp³-hybridized carbons (Fsp3) is 0.583. The van der Waals surface area contributed by atoms with Gasteiger partial charge in [0.15, 0.2) is 29.7 Å². The second kappa shape index (κ2) is 44.4. The molecule has 10 N–H and O–H groups in total. The Morgan fingerprint density at radius 2 is 0.611 bits per heavy atom. The predicted molar refractivity (Wildman–Crippen MR) is 509 cm³/mol. The van der Waals surface area contributed by atoms with Crippen LogP contribution in [0.5, 0.6) is 0 Å². The number of nitrogens with one attached hydrogen (secondary N) is 4. The summed E-state index contributed by atoms with van der Waals surface area (Å²) >= 11 is 37.9. The second-order valence-electron chi connectivity index (χ2n) is 33.6. The number of H-pyrrole nitrogens is 4. The van der Waals surface area contributed by atoms with Crippen molar-refractivity contribution in [2.75, 3.05) is 64.0 Å². The number of anilines is 3. The third-order valence-corrected chi connectivity index (χ3v) is 34.9. The molecule has 9 aromatic rings. The first-order valence-electron chi connectivity index (χ1n) is 43.2. The van der Waals surface area contributed by atoms with E-state index in [1.165, 1.54) is 72.6 Å². The largest absolute Gasteiger partial charge is 0.780 e. The normalized spacial score (nSPS) is 29.7. The highest BCUT2D eigenvalue weighted by Gasteiger charge is 2.49. The van der Waals surface area contributed by atoms with Gasteiger partial charge in [-0.25, -0.2) is 53.9 Å². The van der Waals surface area contributed by atoms with Crippen molar-refractivity contribution in [1.82, 2.24) is 86.8 Å². The minimum Gasteiger partial charge on any atom is -0.780 e. The number of rotatable bonds is 41. The molecular weight excluding hydrogens is 2190 g/mol. The Hall–Kier alpha value is -6.50. The van der Waals surface area contributed by atoms with Gasteiger partial charge in [0.1, 0.15) is 150 Å². The molecule has 28 atom stereocenters. The van der Waals surface area contributed by atoms with Crippen molar-refractivity contribution in [2.45, 2.75) is 222 Å². The standard InChI is InChI=1S/C72H96N21O37P7S7/c1-8-36-37(9-50(117-36)87-16-31(2)59(73)82-68(87)98)125-132(104,139)111-22-45-39(11-52(119-45)89-18-33(4)65(95)84-70(89)100)126-133(105,140)113-23-46-40(12-53(120-46)90-19-34(5)66(96)85-71(90)101)127-134(106,141)116-26-49-43(15-56(123-49)93-30-81-58-61(75)77-28-79-63(58)93)130-137(109,144)114-24-47-41(13-54(121-47)91-20-35(6)67(97)86-72(91)102)128-135(107,142)115-25-48-42(14-55(122-48)92-29-80-57-60(74)76-27-78-62(57)92)129-136(108,143)112-21-44-38(124-131(103,138)110-7)10-51(118-44)88-17-32(3)64(94)83-69(88)99/h16-20,27-30,36-56H,8-15,21-26H2,1-7H3,(H,103,138)(H,104,139)(H,105,140)(H,106,141)(H,107,142)(H,108,143)(H,109,144)(H2,73,82,98)(H2,74,76,78)(H2,75,77,79)(H,83,94,99)(H,84,95,100)(H,85,96,101)(H,86,97,102)/p-7/t36-,37?,38?,39?,40?,41?,42?,43?,44-,45-,46-,47-,48-,49-,50-,51-,52-,53-,54-,55-,56-,131?,132?,133?,134?,135?,136?,137?/m1/s1. The van der Waals surface area contributed by atoms with Crippen molar-refractivity contribution in [1.29, 1.82) is 0 Å². The number of aryl methyl sites for hydroxylation is 5. The van der Waals surface area contributed by atoms with Gasteiger partial charge in [-0.2, -0.15) is 4.98 Å². The van der Waals surface area contributed by atoms with Gasteiger partial charge in [0.05, 0.1) is 101 Å². The monoisotopic (exact) mass is 2280 g/mol. The minimum atomic E-state index is -5.04. The molecule has 16 heterocycles. The summed E-state index contributed by atoms with van der Waals surface area (Å²) in [7, 11) is 1.02. The molecule has 7 fully saturated rings. The molecule has 0 radical (unpaired) electrons. The number of aromatic nitrogens is 18. The molecule has 58 nitrogen and oxygen atoms in total. The van der Waals surface area contributed by atoms with Gasteiger partial charge in [0.25, 0.3) is 22.2 Å². The van der Waals surface area contributed by atoms with E-state index < -0.39 is 286 Å². The van der Waals surface area contributed by atoms with Gasteiger partial charge < -0.3 is 155 Å². The van der Waals surface area contributed by atoms with Gasteiger partial charge in [0.2, 0.25) is 0 Å². The van der Waals surface area contributed by atoms with Crippen LogP contribution in [0, 0.1) is 34.6 Å². The molecule has 7 aliphatic heterocycles. The van der Waals surface area contributed by atoms with Gasteiger partial charge in [-0.1, -0.05) is 77.8 Å². The first-order valence-corrected chi connectivity index (χ1v) is 61.1. The van der Waals surface area contributed by atoms with Crippen LogP contribution in [0.2, 0.25) is 0 Å². The number of hydrogen-bond acceptors (Lipinski definition) is 54. The lowest BCUT2D eigenvalue weighted by Gasteiger charge is -2.36. The maximum absolute atomic E-state index is 15.0. The van der Waals surface area contributed by atoms with Crippen LogP contribution in [-0.2, 0) is 184 Å². The average Bonchev–Trinajstić information content (AvgIpc) is 1.62. The van der Waals surface area contributed by atoms with E-state index in [-0.39, 0.29) is 94.1 Å². The summed E-state index contributed by atoms with van der Waals surface area (Å²) in [6.45, 7) is -29.9. The quantitative estimate of drug-likeness (QED) is 0.0153. The molecule has 0 aliphatic carbocycles. The van der Waals surface area contributed by atoms with Crippen LogP contribution in [0.15, 0.2) is 99.4 Å². The van der Waals surface area contributed by atoms with E-state index in [4.69, 9.17) is 197 Å². The van der Waals surface area contributed by atoms with Crippen LogP contribution in [-0.4, -0.2) is 219 Å². The van der Waals surface area contributed by atoms with Gasteiger partial charge in [0, 0.05) is 111 Å². The molecule has 0 bridgehead atoms. The van der Waals surface area contributed by atoms with E-state index in [9.17, 15) is 72.2 Å². The molecule has 0 spiro atoms. The Morgan fingerprint density at radius 1 is 0.361 bits per heavy atom. The Kier molecular flexibility index (Phi) is 34.0. The summed E-state index contributed by atoms with van der Waals surface area (Å²) in [6, 6.07) is 0. The van der Waals surface area contributed by atoms with Crippen molar-refractivity contribution < 1.29 is 130 Å². The molecule has 14 unspecified atom stereocenters. The summed E-state index contributed by atoms with van der Waals surface area (Å²) in [6.07, 6.45) is -19.8. The second-order valence-corrected chi connectivity index (χ2v) is 52.7. The Bertz CT molecular complexity index is 7320. The van der Waals surface area contributed by atoms with Gasteiger partial charge in [-0.15, -0.1) is 0 Å². The zero-order valence-electron chi connectivity index (χ0n) is 75.8. The van der Waals surface area contributed by atoms with Crippen LogP contribution in [0.1, 0.15) is 130 Å². The number of hydrogen-bond donors (Lipinski definition) is 7. The number of nitrogens with zero attached hydrogens (tertiary/aromatic N) is 14. The first kappa shape index (κ1) is 110. The van der Waals surface area contributed by atoms with E-state index in [2.05, 4.69) is 54.8 Å². The minimum absolute atomic E-state index is 0.000932. The highest BCUT2D eigenvalue weighted by molar-refractivity contribution is 8.32. The molecule has 0 saturated carbocycles. The molecule has 788 valence electrons. The number of aromatic amines is 4. The molecular formula is C72H89N21O37P7S7-7. The third-order valence-electron chi connectivity index (χ3n) is 23.8. The lowest BCUT2D eigenvalue weighted by Crippen LogP contribution is -2.34. The summed E-state index contributed by atoms with van der Waals surface area (Å²) in [5, 5.41) is 0. The van der Waals surface area contributed by atoms with Crippen LogP contribution in [0.25, 0.3) is 22.3 Å². The number of nitrogen functional groups attached to an aromatic ring is 3. The lowest BCUT2D eigenvalue weighted by molar-refractivity contribution is -0.221. The molecule has 16 rings (SSSR count). The Morgan fingerprint density at radius 3 is 0.903 bits per heavy atom. The Labute approximate surface area is 845 Å². The fourth-order valence-corrected chi connectivity index (χ4v) is 26.4. The molecule has 0 aromatic carbocycles. The van der Waals surface area contributed by atoms with Crippen molar-refractivity contribution in [2.24, 2.45) is 0 Å². The topological polar surface area (TPSA) is 769 Å². The summed E-state index contributed by atoms with van der Waals surface area (Å²) in [5.74, 6) is -0.0840. The van der Waals surface area contributed by atoms with Crippen LogP contribution in [0.3, 0.4) is 0 Å². The van der Waals surface area contributed by atoms with E-state index in [1.54, 1.807) is 13.8 Å². The van der Waals surface area contributed by atoms with Crippen molar-refractivity contribution in [3.8, 4) is 0 Å². The average molecular weight is 2280 g/mol. The number of fused-ring (bicyclic) bond motifs is 2. The summed E-state index contributed by atoms with van der Waals surface area (Å²) in [5.41, 5.74) is 11.7. The fourth-order valence-electron chi connectivity index (χ4n) is 16.7. The molecule has 144 heavy (non-hydrogen) atoms. The van der Waals surface area contributed by atoms with Gasteiger partial charge in [-0.3, -0.25) is 75.6 Å². The van der Waals surface area contributed by atoms with Crippen molar-refractivity contribution in [3.05, 3.63) is 178 Å². The first-order chi connectivity index (χ1) is 67.8. The molecule has 0 amide bonds. The highest BCUT2D eigenvalue weighted by Crippen LogP contribution is 2.57. The maximum atomic E-state index is 15.0. The van der Waals surface area contributed by atoms with Gasteiger partial charge in [-0.05, 0) is 41.0 Å². The van der Waals surface area contributed by atoms with Crippen molar-refractivity contribution in [3.63, 3.8) is 0 Å². The Balaban J connectivity index is 0.608. The SMILES string of the molecule is CC[C@H]1O[C@@H](n2cc(C)c(N)nc2=O)CC1OP([O-])(=S)OC[C@H]1O[C@@H](n2cc(C)c(=O)[nH]c2=O)CC1OP(=O)([S-])OC[C@H]1O[C@@H](n2cc(C)c(=O)[nH]c2=O)CC1OP([O-])(=S)OC[C@H]1O[C@@H](n2cnc3c(N)ncnc32)CC1OP([O-])(=S)OC[C@H]1O[C@@H](n2cc(C)c(=O)[nH]c2=O)CC1OP([O-])(=S)OC[C@H]1O[C@@H](n2cnc3c(N)ncnc32)CC1OP([O-])(=S)OC[C@H]1O[C@@H](n2cc(C)c(=O)[nH]c2=O)CC1OP([O-])(=S)OC. The van der Waals surface area contributed by atoms with Crippen LogP contribution >= 0.6 is 47.1 Å². The third kappa shape index (κ3) is 25.9. The number of nitrogens with two attached hydrogens (primary N) is 3. The lowest BCUT2D eigenvalue weighted by atomic mass is 10.1. The van der Waals surface area contributed by atoms with E-state index in [0.29, 0.717) is 5.56 Å². The van der Waals surface area contributed by atoms with Crippen LogP contribution < -0.4 is 97.2 Å². The zero-order valence-corrected chi connectivity index (χ0v) is 87.8. The van der Waals surface area contributed by atoms with E-state index in [0.717, 1.165) is 50.4 Å². The van der Waals surface area contributed by atoms with Gasteiger partial charge >= 0.3 is 28.4 Å². The molecule has 72 heteroatoms. The van der Waals surface area contributed by atoms with Crippen LogP contribution in [0.4, 0.5) is 17.5 Å². The smallest absolute Gasteiger partial charge is 0.351 e. The van der Waals surface area contributed by atoms with E-state index in [1.807, 2.05) is 0 Å². The highest BCUT2D eigenvalue weighted by atomic mass is 32.7. The predicted octanol–water partition coefficient (Wildman–Crippen LogP) is -2.56. The van der Waals surface area contributed by atoms with Crippen molar-refractivity contribution >= 4 is 170 Å². The molecule has 9 aromatic heterocycles. The van der Waals surface area contributed by atoms with E-state index >= 15 is 4.89 Å². The molecule has 7 saturated heterocycles. The maximum Gasteiger partial charge on any atom is 0.351 e. The zero-order chi connectivity index (χ0) is 104. The summed E-state index contributed by atoms with van der Waals surface area (Å²) in [4.78, 5) is 241. The molecule has 7 aliphatic rings.